The summed E-state index contributed by atoms with van der Waals surface area (Å²) < 4.78 is 12.8. The van der Waals surface area contributed by atoms with Crippen LogP contribution in [0.1, 0.15) is 11.1 Å². The maximum absolute atomic E-state index is 12.8. The van der Waals surface area contributed by atoms with Gasteiger partial charge in [0.05, 0.1) is 0 Å². The van der Waals surface area contributed by atoms with Crippen molar-refractivity contribution in [1.82, 2.24) is 5.32 Å². The Morgan fingerprint density at radius 2 is 1.90 bits per heavy atom. The van der Waals surface area contributed by atoms with Crippen LogP contribution < -0.4 is 10.6 Å². The average molecular weight is 323 g/mol. The molecule has 0 saturated heterocycles. The zero-order valence-electron chi connectivity index (χ0n) is 11.6. The summed E-state index contributed by atoms with van der Waals surface area (Å²) in [5.74, 6) is -0.222. The molecule has 0 saturated carbocycles. The Labute approximate surface area is 134 Å². The standard InChI is InChI=1S/C16H16ClFN2S/c1-11-2-7-14(10-15(11)17)20-16(21)19-9-8-12-3-5-13(18)6-4-12/h2-7,10H,8-9H2,1H3,(H2,19,20,21). The molecule has 0 radical (unpaired) electrons. The minimum absolute atomic E-state index is 0.222. The number of anilines is 1. The second-order valence-electron chi connectivity index (χ2n) is 4.72. The van der Waals surface area contributed by atoms with Crippen LogP contribution in [0.4, 0.5) is 10.1 Å². The first-order chi connectivity index (χ1) is 10.0. The zero-order valence-corrected chi connectivity index (χ0v) is 13.2. The van der Waals surface area contributed by atoms with Gasteiger partial charge in [-0.2, -0.15) is 0 Å². The van der Waals surface area contributed by atoms with Crippen molar-refractivity contribution in [2.45, 2.75) is 13.3 Å². The summed E-state index contributed by atoms with van der Waals surface area (Å²) in [5, 5.41) is 7.43. The molecular weight excluding hydrogens is 307 g/mol. The fraction of sp³-hybridized carbons (Fsp3) is 0.188. The molecule has 0 atom stereocenters. The summed E-state index contributed by atoms with van der Waals surface area (Å²) in [6, 6.07) is 12.2. The van der Waals surface area contributed by atoms with E-state index in [1.807, 2.05) is 25.1 Å². The van der Waals surface area contributed by atoms with E-state index >= 15 is 0 Å². The molecule has 0 amide bonds. The van der Waals surface area contributed by atoms with Crippen LogP contribution in [0.3, 0.4) is 0 Å². The number of hydrogen-bond acceptors (Lipinski definition) is 1. The molecule has 0 unspecified atom stereocenters. The van der Waals surface area contributed by atoms with Crippen molar-refractivity contribution in [3.05, 3.63) is 64.4 Å². The van der Waals surface area contributed by atoms with Crippen molar-refractivity contribution >= 4 is 34.6 Å². The van der Waals surface area contributed by atoms with Crippen molar-refractivity contribution in [3.63, 3.8) is 0 Å². The quantitative estimate of drug-likeness (QED) is 0.820. The van der Waals surface area contributed by atoms with Crippen molar-refractivity contribution in [3.8, 4) is 0 Å². The molecule has 5 heteroatoms. The van der Waals surface area contributed by atoms with Crippen molar-refractivity contribution < 1.29 is 4.39 Å². The third-order valence-corrected chi connectivity index (χ3v) is 3.70. The molecule has 0 aliphatic heterocycles. The molecule has 0 heterocycles. The lowest BCUT2D eigenvalue weighted by atomic mass is 10.1. The SMILES string of the molecule is Cc1ccc(NC(=S)NCCc2ccc(F)cc2)cc1Cl. The van der Waals surface area contributed by atoms with Crippen LogP contribution in [0.15, 0.2) is 42.5 Å². The lowest BCUT2D eigenvalue weighted by molar-refractivity contribution is 0.627. The van der Waals surface area contributed by atoms with E-state index in [2.05, 4.69) is 10.6 Å². The van der Waals surface area contributed by atoms with Gasteiger partial charge in [0, 0.05) is 17.3 Å². The number of aryl methyl sites for hydroxylation is 1. The highest BCUT2D eigenvalue weighted by Gasteiger charge is 2.01. The molecule has 2 nitrogen and oxygen atoms in total. The summed E-state index contributed by atoms with van der Waals surface area (Å²) >= 11 is 11.3. The number of nitrogens with one attached hydrogen (secondary N) is 2. The van der Waals surface area contributed by atoms with Crippen LogP contribution >= 0.6 is 23.8 Å². The molecule has 2 aromatic carbocycles. The summed E-state index contributed by atoms with van der Waals surface area (Å²) in [6.45, 7) is 2.63. The monoisotopic (exact) mass is 322 g/mol. The molecule has 0 fully saturated rings. The molecule has 2 aromatic rings. The van der Waals surface area contributed by atoms with Gasteiger partial charge in [-0.1, -0.05) is 29.8 Å². The van der Waals surface area contributed by atoms with E-state index in [0.29, 0.717) is 16.7 Å². The normalized spacial score (nSPS) is 10.2. The lowest BCUT2D eigenvalue weighted by Gasteiger charge is -2.11. The highest BCUT2D eigenvalue weighted by atomic mass is 35.5. The Hall–Kier alpha value is -1.65. The van der Waals surface area contributed by atoms with E-state index in [0.717, 1.165) is 23.2 Å². The Bertz CT molecular complexity index is 629. The first-order valence-corrected chi connectivity index (χ1v) is 7.38. The van der Waals surface area contributed by atoms with Gasteiger partial charge in [0.25, 0.3) is 0 Å². The van der Waals surface area contributed by atoms with Gasteiger partial charge in [-0.15, -0.1) is 0 Å². The zero-order chi connectivity index (χ0) is 15.2. The largest absolute Gasteiger partial charge is 0.362 e. The Morgan fingerprint density at radius 3 is 2.57 bits per heavy atom. The van der Waals surface area contributed by atoms with Crippen molar-refractivity contribution in [1.29, 1.82) is 0 Å². The summed E-state index contributed by atoms with van der Waals surface area (Å²) in [4.78, 5) is 0. The molecule has 110 valence electrons. The fourth-order valence-corrected chi connectivity index (χ4v) is 2.22. The van der Waals surface area contributed by atoms with E-state index in [1.54, 1.807) is 12.1 Å². The Kier molecular flexibility index (Phi) is 5.53. The number of halogens is 2. The van der Waals surface area contributed by atoms with Gasteiger partial charge in [0.15, 0.2) is 5.11 Å². The molecule has 0 spiro atoms. The van der Waals surface area contributed by atoms with Crippen molar-refractivity contribution in [2.75, 3.05) is 11.9 Å². The molecular formula is C16H16ClFN2S. The van der Waals surface area contributed by atoms with Crippen LogP contribution in [-0.2, 0) is 6.42 Å². The molecule has 0 aliphatic rings. The first kappa shape index (κ1) is 15.7. The molecule has 21 heavy (non-hydrogen) atoms. The van der Waals surface area contributed by atoms with Gasteiger partial charge >= 0.3 is 0 Å². The Balaban J connectivity index is 1.79. The summed E-state index contributed by atoms with van der Waals surface area (Å²) in [5.41, 5.74) is 2.94. The molecule has 0 aliphatic carbocycles. The van der Waals surface area contributed by atoms with Gasteiger partial charge in [-0.3, -0.25) is 0 Å². The summed E-state index contributed by atoms with van der Waals surface area (Å²) in [6.07, 6.45) is 0.775. The molecule has 0 bridgehead atoms. The van der Waals surface area contributed by atoms with E-state index in [1.165, 1.54) is 12.1 Å². The maximum Gasteiger partial charge on any atom is 0.170 e. The number of benzene rings is 2. The second kappa shape index (κ2) is 7.38. The van der Waals surface area contributed by atoms with Gasteiger partial charge in [0.2, 0.25) is 0 Å². The number of rotatable bonds is 4. The van der Waals surface area contributed by atoms with Crippen LogP contribution in [0.2, 0.25) is 5.02 Å². The third-order valence-electron chi connectivity index (χ3n) is 3.04. The third kappa shape index (κ3) is 4.99. The van der Waals surface area contributed by atoms with Gasteiger partial charge in [0.1, 0.15) is 5.82 Å². The van der Waals surface area contributed by atoms with Crippen LogP contribution in [0, 0.1) is 12.7 Å². The predicted octanol–water partition coefficient (Wildman–Crippen LogP) is 4.32. The van der Waals surface area contributed by atoms with E-state index < -0.39 is 0 Å². The van der Waals surface area contributed by atoms with Gasteiger partial charge in [-0.25, -0.2) is 4.39 Å². The van der Waals surface area contributed by atoms with Gasteiger partial charge < -0.3 is 10.6 Å². The molecule has 0 aromatic heterocycles. The minimum Gasteiger partial charge on any atom is -0.362 e. The topological polar surface area (TPSA) is 24.1 Å². The first-order valence-electron chi connectivity index (χ1n) is 6.60. The smallest absolute Gasteiger partial charge is 0.170 e. The van der Waals surface area contributed by atoms with E-state index in [9.17, 15) is 4.39 Å². The molecule has 2 rings (SSSR count). The minimum atomic E-state index is -0.222. The highest BCUT2D eigenvalue weighted by Crippen LogP contribution is 2.19. The average Bonchev–Trinajstić information content (AvgIpc) is 2.45. The van der Waals surface area contributed by atoms with Crippen molar-refractivity contribution in [2.24, 2.45) is 0 Å². The van der Waals surface area contributed by atoms with Crippen LogP contribution in [-0.4, -0.2) is 11.7 Å². The highest BCUT2D eigenvalue weighted by molar-refractivity contribution is 7.80. The van der Waals surface area contributed by atoms with E-state index in [-0.39, 0.29) is 5.82 Å². The lowest BCUT2D eigenvalue weighted by Crippen LogP contribution is -2.30. The fourth-order valence-electron chi connectivity index (χ4n) is 1.82. The Morgan fingerprint density at radius 1 is 1.19 bits per heavy atom. The second-order valence-corrected chi connectivity index (χ2v) is 5.54. The predicted molar refractivity (Wildman–Crippen MR) is 90.5 cm³/mol. The van der Waals surface area contributed by atoms with E-state index in [4.69, 9.17) is 23.8 Å². The van der Waals surface area contributed by atoms with Gasteiger partial charge in [-0.05, 0) is 61.0 Å². The molecule has 2 N–H and O–H groups in total. The van der Waals surface area contributed by atoms with Crippen LogP contribution in [0.25, 0.3) is 0 Å². The maximum atomic E-state index is 12.8. The van der Waals surface area contributed by atoms with Crippen LogP contribution in [0.5, 0.6) is 0 Å². The number of hydrogen-bond donors (Lipinski definition) is 2. The summed E-state index contributed by atoms with van der Waals surface area (Å²) in [7, 11) is 0. The number of thiocarbonyl (C=S) groups is 1.